The van der Waals surface area contributed by atoms with E-state index in [1.807, 2.05) is 0 Å². The van der Waals surface area contributed by atoms with Crippen LogP contribution >= 0.6 is 0 Å². The van der Waals surface area contributed by atoms with Gasteiger partial charge in [-0.1, -0.05) is 0 Å². The lowest BCUT2D eigenvalue weighted by Gasteiger charge is -2.07. The largest absolute Gasteiger partial charge is 0.417 e. The molecule has 0 spiro atoms. The maximum absolute atomic E-state index is 12.3. The third-order valence-corrected chi connectivity index (χ3v) is 2.89. The third-order valence-electron chi connectivity index (χ3n) is 2.10. The molecular weight excluding hydrogens is 269 g/mol. The fraction of sp³-hybridized carbons (Fsp3) is 0.222. The number of alkyl halides is 3. The predicted molar refractivity (Wildman–Crippen MR) is 56.5 cm³/mol. The highest BCUT2D eigenvalue weighted by atomic mass is 32.2. The summed E-state index contributed by atoms with van der Waals surface area (Å²) in [6.45, 7) is 0. The molecule has 0 saturated carbocycles. The predicted octanol–water partition coefficient (Wildman–Crippen LogP) is 1.42. The third kappa shape index (κ3) is 2.40. The maximum Gasteiger partial charge on any atom is 0.417 e. The van der Waals surface area contributed by atoms with Crippen molar-refractivity contribution >= 4 is 10.8 Å². The second-order valence-electron chi connectivity index (χ2n) is 3.34. The molecular formula is C9H7F3N4OS. The van der Waals surface area contributed by atoms with E-state index in [0.717, 1.165) is 6.07 Å². The van der Waals surface area contributed by atoms with Gasteiger partial charge in [0.25, 0.3) is 0 Å². The molecule has 0 fully saturated rings. The molecule has 5 nitrogen and oxygen atoms in total. The maximum atomic E-state index is 12.3. The van der Waals surface area contributed by atoms with E-state index >= 15 is 0 Å². The summed E-state index contributed by atoms with van der Waals surface area (Å²) in [5.74, 6) is 0.179. The molecule has 0 aliphatic heterocycles. The van der Waals surface area contributed by atoms with E-state index in [1.165, 1.54) is 23.2 Å². The second-order valence-corrected chi connectivity index (χ2v) is 4.61. The Kier molecular flexibility index (Phi) is 3.16. The number of aromatic nitrogens is 4. The molecule has 0 N–H and O–H groups in total. The first-order valence-electron chi connectivity index (χ1n) is 4.66. The van der Waals surface area contributed by atoms with Gasteiger partial charge in [-0.3, -0.25) is 8.78 Å². The zero-order valence-corrected chi connectivity index (χ0v) is 9.87. The monoisotopic (exact) mass is 276 g/mol. The lowest BCUT2D eigenvalue weighted by atomic mass is 10.3. The summed E-state index contributed by atoms with van der Waals surface area (Å²) < 4.78 is 49.6. The summed E-state index contributed by atoms with van der Waals surface area (Å²) in [5.41, 5.74) is -0.849. The van der Waals surface area contributed by atoms with E-state index in [-0.39, 0.29) is 11.0 Å². The number of nitrogens with zero attached hydrogens (tertiary/aromatic N) is 4. The zero-order chi connectivity index (χ0) is 13.3. The van der Waals surface area contributed by atoms with E-state index in [9.17, 15) is 17.4 Å². The van der Waals surface area contributed by atoms with E-state index in [2.05, 4.69) is 15.2 Å². The van der Waals surface area contributed by atoms with Gasteiger partial charge < -0.3 is 0 Å². The fourth-order valence-electron chi connectivity index (χ4n) is 1.27. The van der Waals surface area contributed by atoms with Gasteiger partial charge in [0.2, 0.25) is 5.16 Å². The molecule has 2 aromatic heterocycles. The van der Waals surface area contributed by atoms with Crippen molar-refractivity contribution in [3.05, 3.63) is 30.2 Å². The van der Waals surface area contributed by atoms with Crippen LogP contribution in [0, 0.1) is 0 Å². The topological polar surface area (TPSA) is 60.7 Å². The Bertz CT molecular complexity index is 578. The molecule has 18 heavy (non-hydrogen) atoms. The number of hydrogen-bond donors (Lipinski definition) is 0. The Labute approximate surface area is 102 Å². The number of pyridine rings is 1. The molecule has 2 rings (SSSR count). The Hall–Kier alpha value is -1.77. The average Bonchev–Trinajstić information content (AvgIpc) is 2.77. The molecule has 0 radical (unpaired) electrons. The van der Waals surface area contributed by atoms with Gasteiger partial charge in [-0.05, 0) is 12.1 Å². The van der Waals surface area contributed by atoms with Crippen LogP contribution in [0.4, 0.5) is 13.2 Å². The van der Waals surface area contributed by atoms with E-state index < -0.39 is 22.5 Å². The van der Waals surface area contributed by atoms with Crippen LogP contribution in [0.25, 0.3) is 5.82 Å². The van der Waals surface area contributed by atoms with Crippen LogP contribution in [0.3, 0.4) is 0 Å². The molecule has 1 atom stereocenters. The highest BCUT2D eigenvalue weighted by Gasteiger charge is 2.30. The Balaban J connectivity index is 2.41. The van der Waals surface area contributed by atoms with Crippen molar-refractivity contribution in [1.82, 2.24) is 19.7 Å². The van der Waals surface area contributed by atoms with Crippen LogP contribution in [0.1, 0.15) is 5.56 Å². The smallest absolute Gasteiger partial charge is 0.258 e. The quantitative estimate of drug-likeness (QED) is 0.832. The van der Waals surface area contributed by atoms with Gasteiger partial charge in [-0.25, -0.2) is 4.98 Å². The average molecular weight is 276 g/mol. The molecule has 0 amide bonds. The minimum absolute atomic E-state index is 0.127. The van der Waals surface area contributed by atoms with Crippen LogP contribution in [0.2, 0.25) is 0 Å². The van der Waals surface area contributed by atoms with Gasteiger partial charge in [-0.15, -0.1) is 10.2 Å². The van der Waals surface area contributed by atoms with Gasteiger partial charge >= 0.3 is 6.18 Å². The minimum atomic E-state index is -4.44. The molecule has 2 heterocycles. The van der Waals surface area contributed by atoms with Crippen LogP contribution < -0.4 is 0 Å². The Morgan fingerprint density at radius 2 is 2.06 bits per heavy atom. The highest BCUT2D eigenvalue weighted by molar-refractivity contribution is 7.84. The molecule has 0 unspecified atom stereocenters. The van der Waals surface area contributed by atoms with Crippen molar-refractivity contribution in [3.8, 4) is 5.82 Å². The molecule has 0 bridgehead atoms. The minimum Gasteiger partial charge on any atom is -0.258 e. The summed E-state index contributed by atoms with van der Waals surface area (Å²) in [7, 11) is -1.41. The molecule has 0 saturated heterocycles. The van der Waals surface area contributed by atoms with E-state index in [0.29, 0.717) is 6.20 Å². The molecule has 96 valence electrons. The first-order valence-corrected chi connectivity index (χ1v) is 6.22. The fourth-order valence-corrected chi connectivity index (χ4v) is 1.85. The first-order chi connectivity index (χ1) is 8.39. The van der Waals surface area contributed by atoms with Crippen molar-refractivity contribution in [2.45, 2.75) is 11.3 Å². The normalized spacial score (nSPS) is 13.6. The van der Waals surface area contributed by atoms with Crippen molar-refractivity contribution in [3.63, 3.8) is 0 Å². The van der Waals surface area contributed by atoms with Crippen LogP contribution in [-0.2, 0) is 17.0 Å². The van der Waals surface area contributed by atoms with Crippen LogP contribution in [0.15, 0.2) is 29.8 Å². The molecule has 9 heteroatoms. The summed E-state index contributed by atoms with van der Waals surface area (Å²) in [4.78, 5) is 3.66. The van der Waals surface area contributed by atoms with Crippen molar-refractivity contribution in [2.24, 2.45) is 0 Å². The first kappa shape index (κ1) is 12.7. The van der Waals surface area contributed by atoms with Crippen molar-refractivity contribution in [1.29, 1.82) is 0 Å². The summed E-state index contributed by atoms with van der Waals surface area (Å²) in [5, 5.41) is 7.29. The molecule has 0 aromatic carbocycles. The number of hydrogen-bond acceptors (Lipinski definition) is 4. The Morgan fingerprint density at radius 3 is 2.56 bits per heavy atom. The van der Waals surface area contributed by atoms with E-state index in [1.54, 1.807) is 0 Å². The van der Waals surface area contributed by atoms with Gasteiger partial charge in [-0.2, -0.15) is 13.2 Å². The van der Waals surface area contributed by atoms with Gasteiger partial charge in [0.15, 0.2) is 0 Å². The number of rotatable bonds is 2. The highest BCUT2D eigenvalue weighted by Crippen LogP contribution is 2.28. The number of halogens is 3. The SMILES string of the molecule is C[S@@](=O)c1nncn1-c1ccc(C(F)(F)F)cn1. The Morgan fingerprint density at radius 1 is 1.33 bits per heavy atom. The van der Waals surface area contributed by atoms with Gasteiger partial charge in [0.05, 0.1) is 16.4 Å². The summed E-state index contributed by atoms with van der Waals surface area (Å²) in [6, 6.07) is 2.06. The van der Waals surface area contributed by atoms with Crippen molar-refractivity contribution in [2.75, 3.05) is 6.26 Å². The molecule has 2 aromatic rings. The van der Waals surface area contributed by atoms with Crippen molar-refractivity contribution < 1.29 is 17.4 Å². The lowest BCUT2D eigenvalue weighted by Crippen LogP contribution is -2.08. The van der Waals surface area contributed by atoms with Crippen LogP contribution in [0.5, 0.6) is 0 Å². The van der Waals surface area contributed by atoms with Gasteiger partial charge in [0, 0.05) is 12.5 Å². The summed E-state index contributed by atoms with van der Waals surface area (Å²) in [6.07, 6.45) is -1.09. The standard InChI is InChI=1S/C9H7F3N4OS/c1-18(17)8-15-14-5-16(8)7-3-2-6(4-13-7)9(10,11)12/h2-5H,1H3/t18-/m1/s1. The van der Waals surface area contributed by atoms with Gasteiger partial charge in [0.1, 0.15) is 12.1 Å². The zero-order valence-electron chi connectivity index (χ0n) is 9.05. The van der Waals surface area contributed by atoms with Crippen LogP contribution in [-0.4, -0.2) is 30.2 Å². The summed E-state index contributed by atoms with van der Waals surface area (Å²) >= 11 is 0. The lowest BCUT2D eigenvalue weighted by molar-refractivity contribution is -0.137. The second kappa shape index (κ2) is 4.48. The molecule has 0 aliphatic rings. The molecule has 0 aliphatic carbocycles. The van der Waals surface area contributed by atoms with E-state index in [4.69, 9.17) is 0 Å².